The van der Waals surface area contributed by atoms with Crippen molar-refractivity contribution in [3.8, 4) is 5.75 Å². The number of quaternary nitrogens is 1. The van der Waals surface area contributed by atoms with Crippen LogP contribution in [0.2, 0.25) is 0 Å². The molecule has 3 aliphatic heterocycles. The average Bonchev–Trinajstić information content (AvgIpc) is 3.14. The van der Waals surface area contributed by atoms with Crippen LogP contribution in [-0.4, -0.2) is 44.1 Å². The molecule has 5 rings (SSSR count). The predicted molar refractivity (Wildman–Crippen MR) is 97.6 cm³/mol. The second kappa shape index (κ2) is 4.76. The number of likely N-dealkylation sites (N-methyl/N-ethyl adjacent to an activating group) is 1. The fourth-order valence-electron chi connectivity index (χ4n) is 6.28. The van der Waals surface area contributed by atoms with E-state index in [2.05, 4.69) is 37.5 Å². The van der Waals surface area contributed by atoms with Crippen molar-refractivity contribution in [3.63, 3.8) is 0 Å². The third-order valence-corrected chi connectivity index (χ3v) is 7.37. The number of ether oxygens (including phenoxy) is 1. The second-order valence-corrected chi connectivity index (χ2v) is 8.21. The number of methoxy groups -OCH3 is 1. The topological polar surface area (TPSA) is 38.3 Å². The maximum atomic E-state index is 12.2. The van der Waals surface area contributed by atoms with Crippen LogP contribution in [0.1, 0.15) is 25.3 Å². The van der Waals surface area contributed by atoms with Gasteiger partial charge in [-0.2, -0.15) is 0 Å². The van der Waals surface area contributed by atoms with Crippen LogP contribution >= 0.6 is 0 Å². The largest absolute Gasteiger partial charge is 0.495 e. The lowest BCUT2D eigenvalue weighted by atomic mass is 9.61. The average molecular weight is 337 g/mol. The number of hydrogen-bond acceptors (Lipinski definition) is 3. The summed E-state index contributed by atoms with van der Waals surface area (Å²) in [6.07, 6.45) is 5.52. The van der Waals surface area contributed by atoms with Crippen LogP contribution in [0.25, 0.3) is 0 Å². The molecule has 4 nitrogen and oxygen atoms in total. The lowest BCUT2D eigenvalue weighted by Gasteiger charge is -2.51. The van der Waals surface area contributed by atoms with E-state index in [4.69, 9.17) is 4.74 Å². The molecule has 0 amide bonds. The van der Waals surface area contributed by atoms with Crippen molar-refractivity contribution in [2.24, 2.45) is 5.92 Å². The highest BCUT2D eigenvalue weighted by atomic mass is 16.5. The number of benzene rings is 1. The normalized spacial score (nSPS) is 39.1. The summed E-state index contributed by atoms with van der Waals surface area (Å²) in [5.74, 6) is 1.15. The number of rotatable bonds is 2. The van der Waals surface area contributed by atoms with Gasteiger partial charge in [-0.25, -0.2) is 0 Å². The van der Waals surface area contributed by atoms with E-state index in [0.717, 1.165) is 59.4 Å². The van der Waals surface area contributed by atoms with Gasteiger partial charge in [0.25, 0.3) is 0 Å². The van der Waals surface area contributed by atoms with Gasteiger partial charge in [-0.05, 0) is 24.1 Å². The number of carbonyl (C=O) groups is 1. The Morgan fingerprint density at radius 2 is 2.24 bits per heavy atom. The molecule has 0 radical (unpaired) electrons. The Kier molecular flexibility index (Phi) is 2.89. The summed E-state index contributed by atoms with van der Waals surface area (Å²) in [5.41, 5.74) is 5.90. The molecule has 1 N–H and O–H groups in total. The Morgan fingerprint density at radius 3 is 2.96 bits per heavy atom. The predicted octanol–water partition coefficient (Wildman–Crippen LogP) is 3.01. The van der Waals surface area contributed by atoms with Gasteiger partial charge in [0, 0.05) is 30.0 Å². The molecule has 2 saturated heterocycles. The Bertz CT molecular complexity index is 855. The first kappa shape index (κ1) is 15.2. The zero-order valence-corrected chi connectivity index (χ0v) is 15.1. The molecule has 2 fully saturated rings. The molecule has 4 atom stereocenters. The summed E-state index contributed by atoms with van der Waals surface area (Å²) < 4.78 is 6.71. The summed E-state index contributed by atoms with van der Waals surface area (Å²) in [6.45, 7) is 4.34. The number of nitrogens with one attached hydrogen (secondary N) is 1. The maximum absolute atomic E-state index is 12.2. The number of hydrogen-bond donors (Lipinski definition) is 1. The molecule has 3 heterocycles. The van der Waals surface area contributed by atoms with Gasteiger partial charge in [0.2, 0.25) is 0 Å². The number of nitrogens with zero attached hydrogens (tertiary/aromatic N) is 1. The first-order valence-corrected chi connectivity index (χ1v) is 9.22. The number of anilines is 1. The Labute approximate surface area is 148 Å². The SMILES string of the molecule is C/C=C1\C[N@+]2(C)CC[C@]34C(=C(C=O)[C@H]1C[C@@H]32)Nc1c(OC)cccc14. The highest BCUT2D eigenvalue weighted by Gasteiger charge is 2.67. The maximum Gasteiger partial charge on any atom is 0.148 e. The Hall–Kier alpha value is -2.07. The smallest absolute Gasteiger partial charge is 0.148 e. The minimum absolute atomic E-state index is 0.0510. The molecule has 1 aromatic carbocycles. The number of para-hydroxylation sites is 1. The van der Waals surface area contributed by atoms with Crippen molar-refractivity contribution in [1.82, 2.24) is 0 Å². The van der Waals surface area contributed by atoms with Crippen molar-refractivity contribution in [1.29, 1.82) is 0 Å². The molecule has 0 aromatic heterocycles. The van der Waals surface area contributed by atoms with Gasteiger partial charge < -0.3 is 14.5 Å². The van der Waals surface area contributed by atoms with Crippen LogP contribution in [0, 0.1) is 5.92 Å². The van der Waals surface area contributed by atoms with Crippen molar-refractivity contribution >= 4 is 12.0 Å². The highest BCUT2D eigenvalue weighted by molar-refractivity contribution is 5.86. The molecule has 1 spiro atoms. The number of carbonyl (C=O) groups excluding carboxylic acids is 1. The minimum Gasteiger partial charge on any atom is -0.495 e. The van der Waals surface area contributed by atoms with Gasteiger partial charge in [-0.15, -0.1) is 0 Å². The summed E-state index contributed by atoms with van der Waals surface area (Å²) in [4.78, 5) is 12.2. The fourth-order valence-corrected chi connectivity index (χ4v) is 6.28. The van der Waals surface area contributed by atoms with E-state index in [1.807, 2.05) is 6.07 Å². The Morgan fingerprint density at radius 1 is 1.40 bits per heavy atom. The molecule has 1 aromatic rings. The third-order valence-electron chi connectivity index (χ3n) is 7.37. The lowest BCUT2D eigenvalue weighted by molar-refractivity contribution is -0.923. The first-order chi connectivity index (χ1) is 12.1. The molecule has 0 saturated carbocycles. The zero-order valence-electron chi connectivity index (χ0n) is 15.1. The standard InChI is InChI=1S/C21H24N2O2/c1-4-13-11-23(2)9-8-21-16-6-5-7-17(25-3)19(16)22-20(21)15(12-24)14(13)10-18(21)23/h4-7,12,14,18H,8-11H2,1-3H3/p+1/b13-4+/t14-,18-,21+,23-/m0/s1. The summed E-state index contributed by atoms with van der Waals surface area (Å²) in [5, 5.41) is 3.65. The molecule has 4 aliphatic rings. The van der Waals surface area contributed by atoms with E-state index in [1.165, 1.54) is 11.1 Å². The van der Waals surface area contributed by atoms with Crippen LogP contribution in [-0.2, 0) is 10.2 Å². The fraction of sp³-hybridized carbons (Fsp3) is 0.476. The van der Waals surface area contributed by atoms with Crippen LogP contribution in [0.4, 0.5) is 5.69 Å². The third kappa shape index (κ3) is 1.59. The summed E-state index contributed by atoms with van der Waals surface area (Å²) in [7, 11) is 4.12. The van der Waals surface area contributed by atoms with Crippen molar-refractivity contribution in [2.45, 2.75) is 31.2 Å². The van der Waals surface area contributed by atoms with E-state index < -0.39 is 0 Å². The van der Waals surface area contributed by atoms with Gasteiger partial charge in [-0.3, -0.25) is 4.79 Å². The van der Waals surface area contributed by atoms with E-state index in [0.29, 0.717) is 6.04 Å². The highest BCUT2D eigenvalue weighted by Crippen LogP contribution is 2.63. The van der Waals surface area contributed by atoms with E-state index in [1.54, 1.807) is 7.11 Å². The molecule has 1 aliphatic carbocycles. The Balaban J connectivity index is 1.84. The van der Waals surface area contributed by atoms with Crippen LogP contribution in [0.5, 0.6) is 5.75 Å². The number of aldehydes is 1. The molecular weight excluding hydrogens is 312 g/mol. The minimum atomic E-state index is -0.0510. The van der Waals surface area contributed by atoms with Gasteiger partial charge in [0.05, 0.1) is 31.8 Å². The second-order valence-electron chi connectivity index (χ2n) is 8.21. The zero-order chi connectivity index (χ0) is 17.4. The number of piperidine rings is 1. The quantitative estimate of drug-likeness (QED) is 0.512. The lowest BCUT2D eigenvalue weighted by Crippen LogP contribution is -2.61. The number of fused-ring (bicyclic) bond motifs is 2. The monoisotopic (exact) mass is 337 g/mol. The summed E-state index contributed by atoms with van der Waals surface area (Å²) in [6, 6.07) is 6.86. The van der Waals surface area contributed by atoms with Gasteiger partial charge >= 0.3 is 0 Å². The van der Waals surface area contributed by atoms with Gasteiger partial charge in [0.15, 0.2) is 0 Å². The number of allylic oxidation sites excluding steroid dienone is 2. The molecule has 2 bridgehead atoms. The van der Waals surface area contributed by atoms with Crippen molar-refractivity contribution in [2.75, 3.05) is 32.6 Å². The van der Waals surface area contributed by atoms with Crippen molar-refractivity contribution < 1.29 is 14.0 Å². The van der Waals surface area contributed by atoms with E-state index >= 15 is 0 Å². The first-order valence-electron chi connectivity index (χ1n) is 9.22. The van der Waals surface area contributed by atoms with E-state index in [-0.39, 0.29) is 11.3 Å². The summed E-state index contributed by atoms with van der Waals surface area (Å²) >= 11 is 0. The van der Waals surface area contributed by atoms with Crippen LogP contribution in [0.3, 0.4) is 0 Å². The van der Waals surface area contributed by atoms with Gasteiger partial charge in [0.1, 0.15) is 24.6 Å². The molecule has 130 valence electrons. The van der Waals surface area contributed by atoms with Crippen molar-refractivity contribution in [3.05, 3.63) is 46.7 Å². The molecule has 4 heteroatoms. The van der Waals surface area contributed by atoms with E-state index in [9.17, 15) is 4.79 Å². The molecule has 0 unspecified atom stereocenters. The molecule has 25 heavy (non-hydrogen) atoms. The molecular formula is C21H25N2O2+. The van der Waals surface area contributed by atoms with Crippen LogP contribution < -0.4 is 10.1 Å². The van der Waals surface area contributed by atoms with Crippen LogP contribution in [0.15, 0.2) is 41.1 Å². The van der Waals surface area contributed by atoms with Gasteiger partial charge in [-0.1, -0.05) is 18.2 Å².